The first kappa shape index (κ1) is 25.5. The molecule has 0 radical (unpaired) electrons. The zero-order chi connectivity index (χ0) is 26.8. The van der Waals surface area contributed by atoms with E-state index in [0.717, 1.165) is 22.4 Å². The van der Waals surface area contributed by atoms with E-state index in [2.05, 4.69) is 4.98 Å². The van der Waals surface area contributed by atoms with Crippen LogP contribution in [0.4, 0.5) is 9.18 Å². The van der Waals surface area contributed by atoms with Crippen LogP contribution >= 0.6 is 11.6 Å². The third-order valence-corrected chi connectivity index (χ3v) is 6.81. The number of hydrogen-bond donors (Lipinski definition) is 1. The number of rotatable bonds is 7. The third-order valence-electron chi connectivity index (χ3n) is 6.57. The van der Waals surface area contributed by atoms with E-state index >= 15 is 0 Å². The third kappa shape index (κ3) is 5.15. The molecule has 1 N–H and O–H groups in total. The minimum Gasteiger partial charge on any atom is -0.482 e. The first-order valence-electron chi connectivity index (χ1n) is 12.1. The van der Waals surface area contributed by atoms with Gasteiger partial charge >= 0.3 is 12.1 Å². The van der Waals surface area contributed by atoms with Crippen LogP contribution in [0.3, 0.4) is 0 Å². The van der Waals surface area contributed by atoms with Gasteiger partial charge in [-0.3, -0.25) is 4.90 Å². The monoisotopic (exact) mass is 537 g/mol. The summed E-state index contributed by atoms with van der Waals surface area (Å²) >= 11 is 6.31. The number of carboxylic acids is 1. The van der Waals surface area contributed by atoms with Crippen LogP contribution in [0.1, 0.15) is 28.6 Å². The molecule has 1 aliphatic rings. The molecule has 1 atom stereocenters. The lowest BCUT2D eigenvalue weighted by molar-refractivity contribution is -0.139. The van der Waals surface area contributed by atoms with Gasteiger partial charge in [-0.15, -0.1) is 0 Å². The van der Waals surface area contributed by atoms with Gasteiger partial charge in [0.1, 0.15) is 24.0 Å². The highest BCUT2D eigenvalue weighted by atomic mass is 35.5. The molecule has 1 aliphatic heterocycles. The summed E-state index contributed by atoms with van der Waals surface area (Å²) in [7, 11) is 0. The Balaban J connectivity index is 1.43. The summed E-state index contributed by atoms with van der Waals surface area (Å²) < 4.78 is 27.3. The first-order chi connectivity index (χ1) is 18.3. The van der Waals surface area contributed by atoms with Crippen LogP contribution in [-0.4, -0.2) is 51.4 Å². The molecule has 0 saturated carbocycles. The molecule has 1 amide bonds. The quantitative estimate of drug-likeness (QED) is 0.340. The van der Waals surface area contributed by atoms with Crippen molar-refractivity contribution >= 4 is 34.7 Å². The summed E-state index contributed by atoms with van der Waals surface area (Å²) in [6.07, 6.45) is -0.133. The van der Waals surface area contributed by atoms with Crippen molar-refractivity contribution in [2.45, 2.75) is 25.9 Å². The molecular weight excluding hydrogens is 513 g/mol. The minimum absolute atomic E-state index is 0.109. The van der Waals surface area contributed by atoms with Crippen LogP contribution < -0.4 is 4.74 Å². The van der Waals surface area contributed by atoms with Gasteiger partial charge in [0.2, 0.25) is 0 Å². The number of para-hydroxylation sites is 2. The average molecular weight is 538 g/mol. The molecular formula is C28H25ClFN3O5. The van der Waals surface area contributed by atoms with E-state index in [1.807, 2.05) is 35.8 Å². The molecule has 4 aromatic rings. The molecule has 0 saturated heterocycles. The molecule has 5 rings (SSSR count). The van der Waals surface area contributed by atoms with Crippen LogP contribution in [0, 0.1) is 12.7 Å². The summed E-state index contributed by atoms with van der Waals surface area (Å²) in [5.74, 6) is -0.448. The average Bonchev–Trinajstić information content (AvgIpc) is 3.21. The number of imidazole rings is 1. The summed E-state index contributed by atoms with van der Waals surface area (Å²) in [6, 6.07) is 16.2. The lowest BCUT2D eigenvalue weighted by atomic mass is 9.88. The molecule has 1 aromatic heterocycles. The predicted octanol–water partition coefficient (Wildman–Crippen LogP) is 5.38. The zero-order valence-electron chi connectivity index (χ0n) is 20.6. The maximum absolute atomic E-state index is 14.1. The van der Waals surface area contributed by atoms with Crippen LogP contribution in [0.2, 0.25) is 5.02 Å². The van der Waals surface area contributed by atoms with Crippen molar-refractivity contribution in [1.82, 2.24) is 14.5 Å². The zero-order valence-corrected chi connectivity index (χ0v) is 21.3. The van der Waals surface area contributed by atoms with Gasteiger partial charge in [-0.2, -0.15) is 0 Å². The van der Waals surface area contributed by atoms with Crippen molar-refractivity contribution < 1.29 is 28.6 Å². The van der Waals surface area contributed by atoms with Crippen molar-refractivity contribution in [3.05, 3.63) is 94.0 Å². The van der Waals surface area contributed by atoms with Crippen LogP contribution in [0.5, 0.6) is 5.75 Å². The Kier molecular flexibility index (Phi) is 7.20. The Morgan fingerprint density at radius 1 is 1.13 bits per heavy atom. The fourth-order valence-electron chi connectivity index (χ4n) is 4.92. The molecule has 8 nitrogen and oxygen atoms in total. The van der Waals surface area contributed by atoms with E-state index in [0.29, 0.717) is 29.1 Å². The number of benzene rings is 3. The van der Waals surface area contributed by atoms with Gasteiger partial charge in [0.15, 0.2) is 6.61 Å². The smallest absolute Gasteiger partial charge is 0.410 e. The highest BCUT2D eigenvalue weighted by Crippen LogP contribution is 2.41. The molecule has 0 unspecified atom stereocenters. The SMILES string of the molecule is Cc1nc2ccccc2n1CCOC(=O)N1CCc2cc(F)ccc2[C@H]1c1cc(Cl)ccc1OCC(=O)O. The molecule has 0 bridgehead atoms. The number of carbonyl (C=O) groups is 2. The van der Waals surface area contributed by atoms with Crippen molar-refractivity contribution in [2.24, 2.45) is 0 Å². The molecule has 2 heterocycles. The predicted molar refractivity (Wildman–Crippen MR) is 139 cm³/mol. The number of fused-ring (bicyclic) bond motifs is 2. The van der Waals surface area contributed by atoms with Crippen LogP contribution in [0.25, 0.3) is 11.0 Å². The normalized spacial score (nSPS) is 14.8. The number of nitrogens with zero attached hydrogens (tertiary/aromatic N) is 3. The number of aliphatic carboxylic acids is 1. The number of amides is 1. The summed E-state index contributed by atoms with van der Waals surface area (Å²) in [5.41, 5.74) is 3.73. The van der Waals surface area contributed by atoms with Crippen molar-refractivity contribution in [3.8, 4) is 5.75 Å². The molecule has 0 fully saturated rings. The summed E-state index contributed by atoms with van der Waals surface area (Å²) in [4.78, 5) is 30.7. The Labute approximate surface area is 223 Å². The van der Waals surface area contributed by atoms with E-state index in [1.54, 1.807) is 29.2 Å². The number of carbonyl (C=O) groups excluding carboxylic acids is 1. The van der Waals surface area contributed by atoms with Gasteiger partial charge in [-0.05, 0) is 66.9 Å². The maximum Gasteiger partial charge on any atom is 0.410 e. The molecule has 0 spiro atoms. The van der Waals surface area contributed by atoms with Crippen molar-refractivity contribution in [2.75, 3.05) is 19.8 Å². The van der Waals surface area contributed by atoms with E-state index in [9.17, 15) is 14.0 Å². The second kappa shape index (κ2) is 10.7. The lowest BCUT2D eigenvalue weighted by Gasteiger charge is -2.37. The van der Waals surface area contributed by atoms with Crippen LogP contribution in [-0.2, 0) is 22.5 Å². The van der Waals surface area contributed by atoms with E-state index < -0.39 is 24.7 Å². The number of halogens is 2. The number of carboxylic acid groups (broad SMARTS) is 1. The summed E-state index contributed by atoms with van der Waals surface area (Å²) in [5, 5.41) is 9.52. The highest BCUT2D eigenvalue weighted by molar-refractivity contribution is 6.30. The second-order valence-electron chi connectivity index (χ2n) is 8.97. The molecule has 0 aliphatic carbocycles. The number of ether oxygens (including phenoxy) is 2. The van der Waals surface area contributed by atoms with Crippen molar-refractivity contribution in [1.29, 1.82) is 0 Å². The molecule has 38 heavy (non-hydrogen) atoms. The number of hydrogen-bond acceptors (Lipinski definition) is 5. The molecule has 10 heteroatoms. The number of aryl methyl sites for hydroxylation is 1. The lowest BCUT2D eigenvalue weighted by Crippen LogP contribution is -2.41. The largest absolute Gasteiger partial charge is 0.482 e. The van der Waals surface area contributed by atoms with Crippen molar-refractivity contribution in [3.63, 3.8) is 0 Å². The minimum atomic E-state index is -1.14. The fourth-order valence-corrected chi connectivity index (χ4v) is 5.10. The van der Waals surface area contributed by atoms with Gasteiger partial charge in [-0.25, -0.2) is 19.0 Å². The van der Waals surface area contributed by atoms with Gasteiger partial charge in [0, 0.05) is 17.1 Å². The number of aromatic nitrogens is 2. The van der Waals surface area contributed by atoms with Crippen LogP contribution in [0.15, 0.2) is 60.7 Å². The second-order valence-corrected chi connectivity index (χ2v) is 9.40. The standard InChI is InChI=1S/C28H25ClFN3O5/c1-17-31-23-4-2-3-5-24(23)32(17)12-13-37-28(36)33-11-10-18-14-20(30)7-8-21(18)27(33)22-15-19(29)6-9-25(22)38-16-26(34)35/h2-9,14-15,27H,10-13,16H2,1H3,(H,34,35)/t27-/m0/s1. The van der Waals surface area contributed by atoms with Gasteiger partial charge < -0.3 is 19.1 Å². The molecule has 196 valence electrons. The Morgan fingerprint density at radius 2 is 1.95 bits per heavy atom. The summed E-state index contributed by atoms with van der Waals surface area (Å²) in [6.45, 7) is 2.12. The van der Waals surface area contributed by atoms with E-state index in [-0.39, 0.29) is 24.7 Å². The van der Waals surface area contributed by atoms with Gasteiger partial charge in [0.25, 0.3) is 0 Å². The Morgan fingerprint density at radius 3 is 2.76 bits per heavy atom. The topological polar surface area (TPSA) is 93.9 Å². The maximum atomic E-state index is 14.1. The fraction of sp³-hybridized carbons (Fsp3) is 0.250. The van der Waals surface area contributed by atoms with E-state index in [1.165, 1.54) is 12.1 Å². The Hall–Kier alpha value is -4.11. The van der Waals surface area contributed by atoms with E-state index in [4.69, 9.17) is 26.2 Å². The van der Waals surface area contributed by atoms with Gasteiger partial charge in [-0.1, -0.05) is 29.8 Å². The van der Waals surface area contributed by atoms with Gasteiger partial charge in [0.05, 0.1) is 23.6 Å². The highest BCUT2D eigenvalue weighted by Gasteiger charge is 2.35. The molecule has 3 aromatic carbocycles. The Bertz CT molecular complexity index is 1520. The first-order valence-corrected chi connectivity index (χ1v) is 12.5.